The number of alkyl carbamates (subject to hydrolysis) is 1. The molecule has 0 aliphatic carbocycles. The molecule has 106 valence electrons. The van der Waals surface area contributed by atoms with Gasteiger partial charge in [0.15, 0.2) is 0 Å². The Hall–Kier alpha value is -0.880. The van der Waals surface area contributed by atoms with Crippen LogP contribution in [-0.2, 0) is 4.74 Å². The Morgan fingerprint density at radius 1 is 1.42 bits per heavy atom. The number of ether oxygens (including phenoxy) is 1. The van der Waals surface area contributed by atoms with Crippen LogP contribution in [0.15, 0.2) is 29.4 Å². The Kier molecular flexibility index (Phi) is 7.09. The largest absolute Gasteiger partial charge is 0.449 e. The van der Waals surface area contributed by atoms with Crippen molar-refractivity contribution in [3.05, 3.63) is 24.4 Å². The number of nitrogens with zero attached hydrogens (tertiary/aromatic N) is 1. The van der Waals surface area contributed by atoms with Crippen LogP contribution in [0.25, 0.3) is 0 Å². The van der Waals surface area contributed by atoms with E-state index in [4.69, 9.17) is 4.74 Å². The molecule has 19 heavy (non-hydrogen) atoms. The lowest BCUT2D eigenvalue weighted by molar-refractivity contribution is 0.107. The zero-order valence-corrected chi connectivity index (χ0v) is 13.1. The Labute approximate surface area is 122 Å². The van der Waals surface area contributed by atoms with Crippen molar-refractivity contribution in [2.75, 3.05) is 18.9 Å². The number of carbonyl (C=O) groups excluding carboxylic acids is 1. The Morgan fingerprint density at radius 2 is 2.21 bits per heavy atom. The van der Waals surface area contributed by atoms with Crippen LogP contribution < -0.4 is 5.32 Å². The van der Waals surface area contributed by atoms with Crippen LogP contribution in [0.4, 0.5) is 4.79 Å². The van der Waals surface area contributed by atoms with Gasteiger partial charge in [-0.25, -0.2) is 9.78 Å². The van der Waals surface area contributed by atoms with Gasteiger partial charge in [0.05, 0.1) is 6.61 Å². The molecule has 0 aliphatic heterocycles. The van der Waals surface area contributed by atoms with Crippen LogP contribution in [0.3, 0.4) is 0 Å². The molecular weight excluding hydrogens is 280 g/mol. The van der Waals surface area contributed by atoms with E-state index in [1.165, 1.54) is 0 Å². The van der Waals surface area contributed by atoms with Crippen molar-refractivity contribution >= 4 is 27.7 Å². The normalized spacial score (nSPS) is 11.1. The van der Waals surface area contributed by atoms with Gasteiger partial charge >= 0.3 is 6.09 Å². The molecule has 1 aromatic heterocycles. The quantitative estimate of drug-likeness (QED) is 0.642. The average molecular weight is 300 g/mol. The summed E-state index contributed by atoms with van der Waals surface area (Å²) in [7, 11) is 3.26. The second kappa shape index (κ2) is 8.32. The van der Waals surface area contributed by atoms with E-state index in [9.17, 15) is 4.79 Å². The Morgan fingerprint density at radius 3 is 2.84 bits per heavy atom. The van der Waals surface area contributed by atoms with Crippen molar-refractivity contribution in [2.24, 2.45) is 5.41 Å². The molecule has 0 atom stereocenters. The smallest absolute Gasteiger partial charge is 0.407 e. The molecular formula is C13H20N2O2S2. The van der Waals surface area contributed by atoms with Gasteiger partial charge < -0.3 is 10.1 Å². The number of aromatic nitrogens is 1. The summed E-state index contributed by atoms with van der Waals surface area (Å²) in [6.45, 7) is 7.10. The number of hydrogen-bond acceptors (Lipinski definition) is 5. The van der Waals surface area contributed by atoms with E-state index in [-0.39, 0.29) is 11.5 Å². The van der Waals surface area contributed by atoms with E-state index in [2.05, 4.69) is 10.3 Å². The van der Waals surface area contributed by atoms with E-state index >= 15 is 0 Å². The van der Waals surface area contributed by atoms with Crippen LogP contribution in [0.1, 0.15) is 20.8 Å². The molecule has 0 saturated carbocycles. The van der Waals surface area contributed by atoms with Crippen molar-refractivity contribution in [1.29, 1.82) is 0 Å². The molecule has 1 amide bonds. The molecule has 1 rings (SSSR count). The second-order valence-electron chi connectivity index (χ2n) is 5.14. The molecule has 0 unspecified atom stereocenters. The highest BCUT2D eigenvalue weighted by Crippen LogP contribution is 2.28. The van der Waals surface area contributed by atoms with E-state index in [0.29, 0.717) is 13.2 Å². The standard InChI is InChI=1S/C13H20N2O2S2/c1-13(2,3)10-17-12(16)15-8-9-18-19-11-6-4-5-7-14-11/h4-7H,8-10H2,1-3H3,(H,15,16). The van der Waals surface area contributed by atoms with Crippen LogP contribution in [-0.4, -0.2) is 30.0 Å². The summed E-state index contributed by atoms with van der Waals surface area (Å²) in [5.41, 5.74) is 0.000913. The number of rotatable bonds is 6. The van der Waals surface area contributed by atoms with Gasteiger partial charge in [0.1, 0.15) is 5.03 Å². The molecule has 6 heteroatoms. The summed E-state index contributed by atoms with van der Waals surface area (Å²) in [6, 6.07) is 5.81. The highest BCUT2D eigenvalue weighted by atomic mass is 33.1. The van der Waals surface area contributed by atoms with Gasteiger partial charge in [-0.2, -0.15) is 0 Å². The fourth-order valence-corrected chi connectivity index (χ4v) is 2.81. The first-order chi connectivity index (χ1) is 8.97. The van der Waals surface area contributed by atoms with Gasteiger partial charge in [-0.1, -0.05) is 37.6 Å². The lowest BCUT2D eigenvalue weighted by atomic mass is 9.99. The van der Waals surface area contributed by atoms with Gasteiger partial charge in [0.25, 0.3) is 0 Å². The summed E-state index contributed by atoms with van der Waals surface area (Å²) >= 11 is 0. The van der Waals surface area contributed by atoms with Crippen molar-refractivity contribution in [3.8, 4) is 0 Å². The third kappa shape index (κ3) is 8.77. The zero-order chi connectivity index (χ0) is 14.1. The Balaban J connectivity index is 2.03. The monoisotopic (exact) mass is 300 g/mol. The van der Waals surface area contributed by atoms with Crippen LogP contribution >= 0.6 is 21.6 Å². The first kappa shape index (κ1) is 16.2. The van der Waals surface area contributed by atoms with Crippen molar-refractivity contribution in [1.82, 2.24) is 10.3 Å². The average Bonchev–Trinajstić information content (AvgIpc) is 2.36. The minimum atomic E-state index is -0.349. The summed E-state index contributed by atoms with van der Waals surface area (Å²) in [6.07, 6.45) is 1.42. The van der Waals surface area contributed by atoms with Crippen molar-refractivity contribution < 1.29 is 9.53 Å². The third-order valence-electron chi connectivity index (χ3n) is 1.87. The first-order valence-corrected chi connectivity index (χ1v) is 8.40. The minimum Gasteiger partial charge on any atom is -0.449 e. The molecule has 1 heterocycles. The van der Waals surface area contributed by atoms with Crippen LogP contribution in [0, 0.1) is 5.41 Å². The van der Waals surface area contributed by atoms with E-state index in [1.807, 2.05) is 39.0 Å². The third-order valence-corrected chi connectivity index (χ3v) is 4.14. The maximum Gasteiger partial charge on any atom is 0.407 e. The summed E-state index contributed by atoms with van der Waals surface area (Å²) < 4.78 is 5.09. The highest BCUT2D eigenvalue weighted by molar-refractivity contribution is 8.76. The second-order valence-corrected chi connectivity index (χ2v) is 7.57. The molecule has 1 aromatic rings. The molecule has 0 aromatic carbocycles. The molecule has 0 fully saturated rings. The lowest BCUT2D eigenvalue weighted by Crippen LogP contribution is -2.29. The fraction of sp³-hybridized carbons (Fsp3) is 0.538. The fourth-order valence-electron chi connectivity index (χ4n) is 1.03. The van der Waals surface area contributed by atoms with Gasteiger partial charge in [0, 0.05) is 18.5 Å². The number of pyridine rings is 1. The SMILES string of the molecule is CC(C)(C)COC(=O)NCCSSc1ccccn1. The summed E-state index contributed by atoms with van der Waals surface area (Å²) in [4.78, 5) is 15.6. The molecule has 0 aliphatic rings. The highest BCUT2D eigenvalue weighted by Gasteiger charge is 2.13. The van der Waals surface area contributed by atoms with Crippen molar-refractivity contribution in [3.63, 3.8) is 0 Å². The lowest BCUT2D eigenvalue weighted by Gasteiger charge is -2.17. The molecule has 4 nitrogen and oxygen atoms in total. The molecule has 1 N–H and O–H groups in total. The van der Waals surface area contributed by atoms with Crippen molar-refractivity contribution in [2.45, 2.75) is 25.8 Å². The Bertz CT molecular complexity index is 380. The molecule has 0 radical (unpaired) electrons. The van der Waals surface area contributed by atoms with E-state index in [1.54, 1.807) is 27.8 Å². The number of amides is 1. The maximum atomic E-state index is 11.4. The predicted octanol–water partition coefficient (Wildman–Crippen LogP) is 3.59. The molecule has 0 spiro atoms. The number of carbonyl (C=O) groups is 1. The van der Waals surface area contributed by atoms with E-state index in [0.717, 1.165) is 10.8 Å². The van der Waals surface area contributed by atoms with Crippen LogP contribution in [0.5, 0.6) is 0 Å². The summed E-state index contributed by atoms with van der Waals surface area (Å²) in [5.74, 6) is 0.811. The first-order valence-electron chi connectivity index (χ1n) is 6.08. The van der Waals surface area contributed by atoms with Gasteiger partial charge in [-0.3, -0.25) is 0 Å². The maximum absolute atomic E-state index is 11.4. The van der Waals surface area contributed by atoms with Gasteiger partial charge in [-0.05, 0) is 28.3 Å². The molecule has 0 bridgehead atoms. The number of hydrogen-bond donors (Lipinski definition) is 1. The van der Waals surface area contributed by atoms with Gasteiger partial charge in [0.2, 0.25) is 0 Å². The van der Waals surface area contributed by atoms with Gasteiger partial charge in [-0.15, -0.1) is 0 Å². The van der Waals surface area contributed by atoms with E-state index < -0.39 is 0 Å². The summed E-state index contributed by atoms with van der Waals surface area (Å²) in [5, 5.41) is 3.70. The number of nitrogens with one attached hydrogen (secondary N) is 1. The predicted molar refractivity (Wildman–Crippen MR) is 81.4 cm³/mol. The molecule has 0 saturated heterocycles. The minimum absolute atomic E-state index is 0.000913. The van der Waals surface area contributed by atoms with Crippen LogP contribution in [0.2, 0.25) is 0 Å². The topological polar surface area (TPSA) is 51.2 Å². The zero-order valence-electron chi connectivity index (χ0n) is 11.5.